The molecule has 82 valence electrons. The predicted molar refractivity (Wildman–Crippen MR) is 66.3 cm³/mol. The fraction of sp³-hybridized carbons (Fsp3) is 0.200. The molecule has 1 heteroatoms. The predicted octanol–water partition coefficient (Wildman–Crippen LogP) is 3.33. The molecule has 0 saturated heterocycles. The summed E-state index contributed by atoms with van der Waals surface area (Å²) in [5.74, 6) is 0. The van der Waals surface area contributed by atoms with Crippen molar-refractivity contribution in [1.29, 1.82) is 0 Å². The van der Waals surface area contributed by atoms with E-state index in [9.17, 15) is 5.11 Å². The highest BCUT2D eigenvalue weighted by Gasteiger charge is 2.12. The number of hydrogen-bond acceptors (Lipinski definition) is 1. The van der Waals surface area contributed by atoms with Crippen molar-refractivity contribution in [2.24, 2.45) is 0 Å². The minimum atomic E-state index is -0.516. The molecule has 1 nitrogen and oxygen atoms in total. The van der Waals surface area contributed by atoms with E-state index < -0.39 is 6.10 Å². The van der Waals surface area contributed by atoms with E-state index in [1.165, 1.54) is 5.56 Å². The van der Waals surface area contributed by atoms with Gasteiger partial charge in [-0.2, -0.15) is 0 Å². The second-order valence-corrected chi connectivity index (χ2v) is 3.87. The number of aliphatic hydroxyl groups excluding tert-OH is 1. The van der Waals surface area contributed by atoms with Gasteiger partial charge in [0, 0.05) is 0 Å². The molecule has 0 aliphatic carbocycles. The largest absolute Gasteiger partial charge is 0.384 e. The van der Waals surface area contributed by atoms with E-state index in [1.54, 1.807) is 0 Å². The molecule has 2 rings (SSSR count). The zero-order valence-electron chi connectivity index (χ0n) is 9.43. The number of rotatable bonds is 3. The second-order valence-electron chi connectivity index (χ2n) is 3.87. The first-order chi connectivity index (χ1) is 7.83. The van der Waals surface area contributed by atoms with E-state index in [2.05, 4.69) is 13.0 Å². The van der Waals surface area contributed by atoms with Crippen LogP contribution in [0.1, 0.15) is 29.7 Å². The summed E-state index contributed by atoms with van der Waals surface area (Å²) >= 11 is 0. The van der Waals surface area contributed by atoms with Crippen LogP contribution in [0.5, 0.6) is 0 Å². The van der Waals surface area contributed by atoms with Crippen LogP contribution in [0.25, 0.3) is 0 Å². The Labute approximate surface area is 96.4 Å². The average molecular weight is 212 g/mol. The molecule has 0 fully saturated rings. The topological polar surface area (TPSA) is 20.2 Å². The fourth-order valence-corrected chi connectivity index (χ4v) is 1.94. The van der Waals surface area contributed by atoms with Gasteiger partial charge in [0.2, 0.25) is 0 Å². The van der Waals surface area contributed by atoms with Crippen molar-refractivity contribution in [3.63, 3.8) is 0 Å². The number of aryl methyl sites for hydroxylation is 1. The van der Waals surface area contributed by atoms with Crippen molar-refractivity contribution in [2.75, 3.05) is 0 Å². The molecule has 0 radical (unpaired) electrons. The van der Waals surface area contributed by atoms with Gasteiger partial charge in [0.05, 0.1) is 0 Å². The fourth-order valence-electron chi connectivity index (χ4n) is 1.94. The lowest BCUT2D eigenvalue weighted by Gasteiger charge is -2.15. The minimum Gasteiger partial charge on any atom is -0.384 e. The zero-order valence-corrected chi connectivity index (χ0v) is 9.43. The van der Waals surface area contributed by atoms with E-state index >= 15 is 0 Å². The molecular weight excluding hydrogens is 196 g/mol. The van der Waals surface area contributed by atoms with E-state index in [0.717, 1.165) is 17.5 Å². The van der Waals surface area contributed by atoms with E-state index in [1.807, 2.05) is 48.5 Å². The summed E-state index contributed by atoms with van der Waals surface area (Å²) in [5, 5.41) is 10.3. The Balaban J connectivity index is 2.37. The van der Waals surface area contributed by atoms with Gasteiger partial charge in [0.15, 0.2) is 0 Å². The van der Waals surface area contributed by atoms with Crippen LogP contribution < -0.4 is 0 Å². The molecular formula is C15H16O. The third kappa shape index (κ3) is 2.15. The van der Waals surface area contributed by atoms with Gasteiger partial charge in [-0.15, -0.1) is 0 Å². The minimum absolute atomic E-state index is 0.516. The van der Waals surface area contributed by atoms with Crippen molar-refractivity contribution >= 4 is 0 Å². The van der Waals surface area contributed by atoms with Gasteiger partial charge in [0.25, 0.3) is 0 Å². The van der Waals surface area contributed by atoms with Crippen LogP contribution in [0.15, 0.2) is 54.6 Å². The van der Waals surface area contributed by atoms with Gasteiger partial charge in [-0.3, -0.25) is 0 Å². The van der Waals surface area contributed by atoms with Gasteiger partial charge in [-0.25, -0.2) is 0 Å². The van der Waals surface area contributed by atoms with Gasteiger partial charge in [-0.05, 0) is 23.1 Å². The molecule has 0 saturated carbocycles. The quantitative estimate of drug-likeness (QED) is 0.827. The Morgan fingerprint density at radius 3 is 2.25 bits per heavy atom. The lowest BCUT2D eigenvalue weighted by Crippen LogP contribution is -2.02. The maximum absolute atomic E-state index is 10.3. The maximum Gasteiger partial charge on any atom is 0.104 e. The van der Waals surface area contributed by atoms with Crippen molar-refractivity contribution in [3.8, 4) is 0 Å². The first-order valence-electron chi connectivity index (χ1n) is 5.63. The van der Waals surface area contributed by atoms with Gasteiger partial charge in [-0.1, -0.05) is 61.5 Å². The van der Waals surface area contributed by atoms with E-state index in [4.69, 9.17) is 0 Å². The Hall–Kier alpha value is -1.60. The lowest BCUT2D eigenvalue weighted by molar-refractivity contribution is 0.219. The summed E-state index contributed by atoms with van der Waals surface area (Å²) in [6, 6.07) is 17.8. The summed E-state index contributed by atoms with van der Waals surface area (Å²) in [5.41, 5.74) is 3.17. The Morgan fingerprint density at radius 1 is 0.938 bits per heavy atom. The molecule has 1 atom stereocenters. The number of hydrogen-bond donors (Lipinski definition) is 1. The standard InChI is InChI=1S/C15H16O/c1-2-12-8-6-7-11-14(12)15(16)13-9-4-3-5-10-13/h3-11,15-16H,2H2,1H3. The van der Waals surface area contributed by atoms with Gasteiger partial charge >= 0.3 is 0 Å². The summed E-state index contributed by atoms with van der Waals surface area (Å²) in [4.78, 5) is 0. The van der Waals surface area contributed by atoms with Crippen LogP contribution in [0.2, 0.25) is 0 Å². The normalized spacial score (nSPS) is 12.4. The van der Waals surface area contributed by atoms with Crippen LogP contribution in [-0.2, 0) is 6.42 Å². The van der Waals surface area contributed by atoms with Crippen LogP contribution in [-0.4, -0.2) is 5.11 Å². The molecule has 0 spiro atoms. The SMILES string of the molecule is CCc1ccccc1C(O)c1ccccc1. The number of aliphatic hydroxyl groups is 1. The molecule has 0 bridgehead atoms. The van der Waals surface area contributed by atoms with Crippen molar-refractivity contribution in [1.82, 2.24) is 0 Å². The number of benzene rings is 2. The van der Waals surface area contributed by atoms with Crippen molar-refractivity contribution in [2.45, 2.75) is 19.4 Å². The van der Waals surface area contributed by atoms with Crippen LogP contribution in [0, 0.1) is 0 Å². The summed E-state index contributed by atoms with van der Waals surface area (Å²) in [7, 11) is 0. The summed E-state index contributed by atoms with van der Waals surface area (Å²) < 4.78 is 0. The van der Waals surface area contributed by atoms with Crippen LogP contribution in [0.4, 0.5) is 0 Å². The monoisotopic (exact) mass is 212 g/mol. The molecule has 1 N–H and O–H groups in total. The highest BCUT2D eigenvalue weighted by atomic mass is 16.3. The lowest BCUT2D eigenvalue weighted by atomic mass is 9.96. The first-order valence-corrected chi connectivity index (χ1v) is 5.63. The van der Waals surface area contributed by atoms with Crippen LogP contribution >= 0.6 is 0 Å². The average Bonchev–Trinajstić information content (AvgIpc) is 2.39. The van der Waals surface area contributed by atoms with E-state index in [-0.39, 0.29) is 0 Å². The van der Waals surface area contributed by atoms with Crippen LogP contribution in [0.3, 0.4) is 0 Å². The highest BCUT2D eigenvalue weighted by Crippen LogP contribution is 2.24. The molecule has 0 aliphatic rings. The Bertz CT molecular complexity index is 448. The van der Waals surface area contributed by atoms with Gasteiger partial charge < -0.3 is 5.11 Å². The van der Waals surface area contributed by atoms with Crippen molar-refractivity contribution < 1.29 is 5.11 Å². The van der Waals surface area contributed by atoms with Gasteiger partial charge in [0.1, 0.15) is 6.10 Å². The Kier molecular flexibility index (Phi) is 3.37. The first kappa shape index (κ1) is 10.9. The summed E-state index contributed by atoms with van der Waals surface area (Å²) in [6.07, 6.45) is 0.428. The molecule has 16 heavy (non-hydrogen) atoms. The third-order valence-corrected chi connectivity index (χ3v) is 2.85. The molecule has 0 aliphatic heterocycles. The maximum atomic E-state index is 10.3. The molecule has 1 unspecified atom stereocenters. The Morgan fingerprint density at radius 2 is 1.56 bits per heavy atom. The molecule has 2 aromatic carbocycles. The smallest absolute Gasteiger partial charge is 0.104 e. The summed E-state index contributed by atoms with van der Waals surface area (Å²) in [6.45, 7) is 2.11. The second kappa shape index (κ2) is 4.95. The highest BCUT2D eigenvalue weighted by molar-refractivity contribution is 5.35. The molecule has 0 amide bonds. The molecule has 2 aromatic rings. The third-order valence-electron chi connectivity index (χ3n) is 2.85. The van der Waals surface area contributed by atoms with E-state index in [0.29, 0.717) is 0 Å². The van der Waals surface area contributed by atoms with Crippen molar-refractivity contribution in [3.05, 3.63) is 71.3 Å². The molecule has 0 aromatic heterocycles. The molecule has 0 heterocycles. The zero-order chi connectivity index (χ0) is 11.4.